The predicted octanol–water partition coefficient (Wildman–Crippen LogP) is 22.0. The van der Waals surface area contributed by atoms with Gasteiger partial charge < -0.3 is 37.9 Å². The van der Waals surface area contributed by atoms with E-state index in [1.54, 1.807) is 48.5 Å². The molecule has 0 bridgehead atoms. The standard InChI is InChI=1S/C55H60O8.C38H50O8.C17H11I/c1-4-9-41-12-14-42(15-13-41)16-17-43-18-20-44(21-19-43)32-35-55(36-33-46(34-37-55)45-22-10-40(3)11-23-45)63-54(59)49-28-30-50(31-29-49)62-53(58)48-26-24-47(25-27-48)52(57)61-39-8-6-7-38-60-51(56)5-2;1-4-34(39)43-25-7-6-8-26-44-35(40)30-13-15-31(16-14-30)36(41)45-33-19-17-32(18-20-33)37(42)46-38(5-2)23-21-29(22-24-38)28-11-9-27(3)10-12-28;1-2-3-14-4-6-15(7-5-14)8-9-16-10-12-17(18)13-11-16/h5,12-15,18-21,28-31,40,45-48H,2,6-8,10-11,22-27,33-34,36-39H2,1,3H3;2,4,17-20,27-31H,1,6-16,21-26H2,3H3;4-7,10-13H,1H3. The number of rotatable bonds is 26. The molecule has 0 atom stereocenters. The second-order valence-electron chi connectivity index (χ2n) is 34.6. The number of hydrogen-bond donors (Lipinski definition) is 0. The first-order valence-electron chi connectivity index (χ1n) is 45.6. The van der Waals surface area contributed by atoms with E-state index in [-0.39, 0.29) is 47.5 Å². The van der Waals surface area contributed by atoms with Crippen LogP contribution in [0.25, 0.3) is 0 Å². The summed E-state index contributed by atoms with van der Waals surface area (Å²) in [6.45, 7) is 16.3. The van der Waals surface area contributed by atoms with Crippen LogP contribution in [0.3, 0.4) is 0 Å². The van der Waals surface area contributed by atoms with Crippen LogP contribution in [0.2, 0.25) is 0 Å². The maximum Gasteiger partial charge on any atom is 0.339 e. The number of ether oxygens (including phenoxy) is 8. The Hall–Kier alpha value is -11.4. The number of carbonyl (C=O) groups excluding carboxylic acids is 8. The third kappa shape index (κ3) is 32.5. The third-order valence-electron chi connectivity index (χ3n) is 25.4. The molecule has 6 fully saturated rings. The second kappa shape index (κ2) is 51.5. The number of benzene rings is 6. The van der Waals surface area contributed by atoms with Crippen LogP contribution in [0.5, 0.6) is 11.5 Å². The molecule has 17 heteroatoms. The molecule has 6 aromatic rings. The summed E-state index contributed by atoms with van der Waals surface area (Å²) in [5.41, 5.74) is 5.62. The fourth-order valence-electron chi connectivity index (χ4n) is 17.5. The maximum atomic E-state index is 13.8. The Balaban J connectivity index is 0.000000228. The number of unbranched alkanes of at least 4 members (excludes halogenated alkanes) is 4. The van der Waals surface area contributed by atoms with Crippen LogP contribution >= 0.6 is 22.6 Å². The Kier molecular flexibility index (Phi) is 39.6. The Morgan fingerprint density at radius 2 is 0.638 bits per heavy atom. The highest BCUT2D eigenvalue weighted by Gasteiger charge is 2.43. The summed E-state index contributed by atoms with van der Waals surface area (Å²) in [4.78, 5) is 100.0. The molecular formula is C110H121IO16. The van der Waals surface area contributed by atoms with Gasteiger partial charge in [0, 0.05) is 54.7 Å². The lowest BCUT2D eigenvalue weighted by Crippen LogP contribution is -2.39. The van der Waals surface area contributed by atoms with Gasteiger partial charge in [0.05, 0.1) is 61.2 Å². The monoisotopic (exact) mass is 1820 g/mol. The van der Waals surface area contributed by atoms with E-state index >= 15 is 0 Å². The van der Waals surface area contributed by atoms with Crippen molar-refractivity contribution in [2.24, 2.45) is 59.2 Å². The van der Waals surface area contributed by atoms with Crippen molar-refractivity contribution in [2.45, 2.75) is 232 Å². The summed E-state index contributed by atoms with van der Waals surface area (Å²) in [7, 11) is 0. The summed E-state index contributed by atoms with van der Waals surface area (Å²) >= 11 is 2.29. The average Bonchev–Trinajstić information content (AvgIpc) is 0.796. The van der Waals surface area contributed by atoms with E-state index in [2.05, 4.69) is 127 Å². The van der Waals surface area contributed by atoms with Crippen molar-refractivity contribution in [3.63, 3.8) is 0 Å². The lowest BCUT2D eigenvalue weighted by Gasteiger charge is -2.40. The molecule has 0 spiro atoms. The summed E-state index contributed by atoms with van der Waals surface area (Å²) in [5.74, 6) is 35.2. The molecule has 6 aliphatic carbocycles. The molecule has 0 aliphatic heterocycles. The number of esters is 8. The van der Waals surface area contributed by atoms with Crippen LogP contribution in [0.15, 0.2) is 171 Å². The van der Waals surface area contributed by atoms with Gasteiger partial charge in [0.15, 0.2) is 11.2 Å². The van der Waals surface area contributed by atoms with Crippen LogP contribution in [0, 0.1) is 134 Å². The van der Waals surface area contributed by atoms with E-state index in [9.17, 15) is 38.4 Å². The average molecular weight is 1830 g/mol. The Morgan fingerprint density at radius 3 is 0.961 bits per heavy atom. The molecule has 16 nitrogen and oxygen atoms in total. The zero-order chi connectivity index (χ0) is 90.2. The van der Waals surface area contributed by atoms with Crippen molar-refractivity contribution in [2.75, 3.05) is 26.4 Å². The molecule has 6 saturated carbocycles. The molecule has 127 heavy (non-hydrogen) atoms. The number of terminal acetylenes is 1. The summed E-state index contributed by atoms with van der Waals surface area (Å²) < 4.78 is 45.6. The minimum Gasteiger partial charge on any atom is -0.465 e. The zero-order valence-corrected chi connectivity index (χ0v) is 76.4. The number of halogens is 1. The van der Waals surface area contributed by atoms with Crippen molar-refractivity contribution in [1.29, 1.82) is 0 Å². The van der Waals surface area contributed by atoms with Crippen molar-refractivity contribution < 1.29 is 76.3 Å². The maximum absolute atomic E-state index is 13.8. The molecule has 664 valence electrons. The van der Waals surface area contributed by atoms with Gasteiger partial charge in [0.1, 0.15) is 11.5 Å². The minimum absolute atomic E-state index is 0.222. The topological polar surface area (TPSA) is 210 Å². The highest BCUT2D eigenvalue weighted by atomic mass is 127. The van der Waals surface area contributed by atoms with Crippen molar-refractivity contribution in [3.8, 4) is 83.0 Å². The first-order valence-corrected chi connectivity index (χ1v) is 46.7. The van der Waals surface area contributed by atoms with Gasteiger partial charge in [-0.1, -0.05) is 100 Å². The molecule has 0 amide bonds. The smallest absolute Gasteiger partial charge is 0.339 e. The highest BCUT2D eigenvalue weighted by molar-refractivity contribution is 14.1. The Morgan fingerprint density at radius 1 is 0.354 bits per heavy atom. The fourth-order valence-corrected chi connectivity index (χ4v) is 17.9. The molecule has 12 rings (SSSR count). The van der Waals surface area contributed by atoms with E-state index in [0.29, 0.717) is 164 Å². The summed E-state index contributed by atoms with van der Waals surface area (Å²) in [6.07, 6.45) is 33.9. The zero-order valence-electron chi connectivity index (χ0n) is 74.2. The number of carbonyl (C=O) groups is 8. The molecule has 6 aromatic carbocycles. The van der Waals surface area contributed by atoms with Crippen molar-refractivity contribution >= 4 is 70.3 Å². The van der Waals surface area contributed by atoms with E-state index in [1.807, 2.05) is 98.8 Å². The molecule has 0 radical (unpaired) electrons. The van der Waals surface area contributed by atoms with Gasteiger partial charge in [-0.25, -0.2) is 19.2 Å². The largest absolute Gasteiger partial charge is 0.465 e. The Labute approximate surface area is 766 Å². The van der Waals surface area contributed by atoms with Crippen LogP contribution in [0.4, 0.5) is 0 Å². The van der Waals surface area contributed by atoms with Gasteiger partial charge in [-0.15, -0.1) is 18.3 Å². The summed E-state index contributed by atoms with van der Waals surface area (Å²) in [5, 5.41) is 0. The number of hydrogen-bond acceptors (Lipinski definition) is 16. The highest BCUT2D eigenvalue weighted by Crippen LogP contribution is 2.46. The minimum atomic E-state index is -0.915. The van der Waals surface area contributed by atoms with Gasteiger partial charge in [-0.2, -0.15) is 0 Å². The first-order chi connectivity index (χ1) is 61.6. The lowest BCUT2D eigenvalue weighted by molar-refractivity contribution is -0.152. The van der Waals surface area contributed by atoms with Gasteiger partial charge in [0.25, 0.3) is 0 Å². The van der Waals surface area contributed by atoms with Crippen LogP contribution in [-0.2, 0) is 57.2 Å². The molecule has 6 aliphatic rings. The van der Waals surface area contributed by atoms with Crippen LogP contribution in [-0.4, -0.2) is 85.4 Å². The summed E-state index contributed by atoms with van der Waals surface area (Å²) in [6, 6.07) is 44.8. The molecule has 0 saturated heterocycles. The molecular weight excluding hydrogens is 1700 g/mol. The molecule has 0 heterocycles. The van der Waals surface area contributed by atoms with E-state index in [1.165, 1.54) is 54.9 Å². The molecule has 0 unspecified atom stereocenters. The normalized spacial score (nSPS) is 22.6. The van der Waals surface area contributed by atoms with E-state index in [4.69, 9.17) is 44.3 Å². The van der Waals surface area contributed by atoms with Gasteiger partial charge in [-0.05, 0) is 390 Å². The first kappa shape index (κ1) is 97.8. The quantitative estimate of drug-likeness (QED) is 0.00940. The second-order valence-corrected chi connectivity index (χ2v) is 35.8. The molecule has 0 aromatic heterocycles. The van der Waals surface area contributed by atoms with Crippen LogP contribution < -0.4 is 9.47 Å². The van der Waals surface area contributed by atoms with Crippen molar-refractivity contribution in [1.82, 2.24) is 0 Å². The predicted molar refractivity (Wildman–Crippen MR) is 501 cm³/mol. The molecule has 0 N–H and O–H groups in total. The van der Waals surface area contributed by atoms with E-state index < -0.39 is 35.1 Å². The van der Waals surface area contributed by atoms with Gasteiger partial charge in [0.2, 0.25) is 0 Å². The SMILES string of the molecule is C#CC1(OC(=O)c2ccc(OC(=O)C3CCC(C(=O)OCCCCCOC(=O)C=C)CC3)cc2)CCC(C2CCC(C)CC2)CC1.C=CC(=O)OCCCCCOC(=O)C1CCC(C(=O)Oc2ccc(C(=O)OC3(C#Cc4ccc(C#Cc5ccc(C#CC)cc5)cc4)CCC(C4CCC(C)CC4)CC3)cc2)CC1.CC#Cc1ccc(C#Cc2ccc(I)cc2)cc1. The fraction of sp³-hybridized carbons (Fsp3) is 0.455. The van der Waals surface area contributed by atoms with Crippen LogP contribution in [0.1, 0.15) is 280 Å². The Bertz CT molecular complexity index is 5020. The van der Waals surface area contributed by atoms with Gasteiger partial charge in [-0.3, -0.25) is 19.2 Å². The van der Waals surface area contributed by atoms with E-state index in [0.717, 1.165) is 113 Å². The lowest BCUT2D eigenvalue weighted by atomic mass is 9.68. The van der Waals surface area contributed by atoms with Gasteiger partial charge >= 0.3 is 47.8 Å². The third-order valence-corrected chi connectivity index (χ3v) is 26.2. The van der Waals surface area contributed by atoms with Crippen molar-refractivity contribution in [3.05, 3.63) is 225 Å².